The molecule has 1 fully saturated rings. The van der Waals surface area contributed by atoms with E-state index in [9.17, 15) is 18.0 Å². The van der Waals surface area contributed by atoms with Crippen LogP contribution in [0.15, 0.2) is 18.2 Å². The Morgan fingerprint density at radius 3 is 2.29 bits per heavy atom. The predicted molar refractivity (Wildman–Crippen MR) is 94.3 cm³/mol. The van der Waals surface area contributed by atoms with E-state index in [1.807, 2.05) is 4.90 Å². The molecule has 0 aromatic heterocycles. The zero-order valence-corrected chi connectivity index (χ0v) is 14.9. The summed E-state index contributed by atoms with van der Waals surface area (Å²) in [6.07, 6.45) is -1.36. The van der Waals surface area contributed by atoms with Gasteiger partial charge in [-0.3, -0.25) is 4.79 Å². The normalized spacial score (nSPS) is 15.8. The average molecular weight is 388 g/mol. The van der Waals surface area contributed by atoms with Gasteiger partial charge in [0, 0.05) is 13.1 Å². The van der Waals surface area contributed by atoms with Crippen LogP contribution in [0, 0.1) is 0 Å². The quantitative estimate of drug-likeness (QED) is 0.828. The molecule has 138 valence electrons. The molecule has 1 heterocycles. The Kier molecular flexibility index (Phi) is 8.88. The zero-order valence-electron chi connectivity index (χ0n) is 13.2. The van der Waals surface area contributed by atoms with Crippen LogP contribution in [-0.4, -0.2) is 25.0 Å². The van der Waals surface area contributed by atoms with Crippen LogP contribution >= 0.6 is 24.8 Å². The first kappa shape index (κ1) is 22.8. The largest absolute Gasteiger partial charge is 0.416 e. The summed E-state index contributed by atoms with van der Waals surface area (Å²) < 4.78 is 38.7. The van der Waals surface area contributed by atoms with Crippen LogP contribution < -0.4 is 16.0 Å². The van der Waals surface area contributed by atoms with E-state index in [1.165, 1.54) is 13.0 Å². The lowest BCUT2D eigenvalue weighted by Gasteiger charge is -2.31. The van der Waals surface area contributed by atoms with Crippen LogP contribution in [0.5, 0.6) is 0 Å². The van der Waals surface area contributed by atoms with Crippen molar-refractivity contribution >= 4 is 42.1 Å². The summed E-state index contributed by atoms with van der Waals surface area (Å²) in [5, 5.41) is 2.51. The second-order valence-electron chi connectivity index (χ2n) is 5.56. The number of piperidine rings is 1. The number of hydrogen-bond donors (Lipinski definition) is 2. The molecule has 1 aromatic rings. The summed E-state index contributed by atoms with van der Waals surface area (Å²) in [7, 11) is 0. The van der Waals surface area contributed by atoms with Gasteiger partial charge in [0.05, 0.1) is 23.0 Å². The highest BCUT2D eigenvalue weighted by Crippen LogP contribution is 2.36. The second-order valence-corrected chi connectivity index (χ2v) is 5.56. The van der Waals surface area contributed by atoms with Gasteiger partial charge in [0.25, 0.3) is 0 Å². The Hall–Kier alpha value is -1.18. The Morgan fingerprint density at radius 2 is 1.79 bits per heavy atom. The van der Waals surface area contributed by atoms with Crippen molar-refractivity contribution in [1.82, 2.24) is 0 Å². The van der Waals surface area contributed by atoms with Gasteiger partial charge in [-0.25, -0.2) is 0 Å². The molecule has 1 aliphatic rings. The highest BCUT2D eigenvalue weighted by Gasteiger charge is 2.32. The lowest BCUT2D eigenvalue weighted by atomic mass is 10.1. The number of hydrogen-bond acceptors (Lipinski definition) is 3. The summed E-state index contributed by atoms with van der Waals surface area (Å²) in [5.74, 6) is -0.502. The van der Waals surface area contributed by atoms with Crippen LogP contribution in [0.4, 0.5) is 24.5 Å². The predicted octanol–water partition coefficient (Wildman–Crippen LogP) is 3.83. The van der Waals surface area contributed by atoms with Crippen molar-refractivity contribution in [1.29, 1.82) is 0 Å². The number of anilines is 2. The number of carbonyl (C=O) groups is 1. The number of nitrogens with two attached hydrogens (primary N) is 1. The molecule has 3 N–H and O–H groups in total. The van der Waals surface area contributed by atoms with Crippen molar-refractivity contribution in [3.05, 3.63) is 23.8 Å². The first-order valence-corrected chi connectivity index (χ1v) is 7.31. The second kappa shape index (κ2) is 9.34. The maximum absolute atomic E-state index is 12.9. The molecule has 4 nitrogen and oxygen atoms in total. The Morgan fingerprint density at radius 1 is 1.21 bits per heavy atom. The number of benzene rings is 1. The fourth-order valence-electron chi connectivity index (χ4n) is 2.47. The molecule has 9 heteroatoms. The van der Waals surface area contributed by atoms with Gasteiger partial charge in [0.1, 0.15) is 0 Å². The fraction of sp³-hybridized carbons (Fsp3) is 0.533. The van der Waals surface area contributed by atoms with E-state index in [4.69, 9.17) is 5.73 Å². The number of halogens is 5. The summed E-state index contributed by atoms with van der Waals surface area (Å²) >= 11 is 0. The van der Waals surface area contributed by atoms with Gasteiger partial charge in [-0.15, -0.1) is 24.8 Å². The van der Waals surface area contributed by atoms with E-state index < -0.39 is 23.7 Å². The topological polar surface area (TPSA) is 58.4 Å². The standard InChI is InChI=1S/C15H20F3N3O.2ClH/c1-10(19)14(22)20-12-9-11(15(16,17)18)5-6-13(12)21-7-3-2-4-8-21;;/h5-6,9-10H,2-4,7-8,19H2,1H3,(H,20,22);2*1H. The third-order valence-electron chi connectivity index (χ3n) is 3.69. The maximum atomic E-state index is 12.9. The minimum absolute atomic E-state index is 0. The van der Waals surface area contributed by atoms with E-state index in [1.54, 1.807) is 0 Å². The molecule has 0 bridgehead atoms. The Labute approximate surface area is 151 Å². The van der Waals surface area contributed by atoms with Crippen LogP contribution in [0.25, 0.3) is 0 Å². The third-order valence-corrected chi connectivity index (χ3v) is 3.69. The minimum Gasteiger partial charge on any atom is -0.370 e. The molecular formula is C15H22Cl2F3N3O. The Balaban J connectivity index is 0.00000264. The molecule has 1 unspecified atom stereocenters. The van der Waals surface area contributed by atoms with Crippen molar-refractivity contribution in [2.45, 2.75) is 38.4 Å². The lowest BCUT2D eigenvalue weighted by Crippen LogP contribution is -2.34. The number of carbonyl (C=O) groups excluding carboxylic acids is 1. The van der Waals surface area contributed by atoms with Crippen molar-refractivity contribution in [3.8, 4) is 0 Å². The third kappa shape index (κ3) is 5.72. The van der Waals surface area contributed by atoms with Crippen molar-refractivity contribution in [2.75, 3.05) is 23.3 Å². The van der Waals surface area contributed by atoms with Crippen molar-refractivity contribution in [3.63, 3.8) is 0 Å². The SMILES string of the molecule is CC(N)C(=O)Nc1cc(C(F)(F)F)ccc1N1CCCCC1.Cl.Cl. The highest BCUT2D eigenvalue weighted by molar-refractivity contribution is 5.97. The van der Waals surface area contributed by atoms with E-state index in [-0.39, 0.29) is 30.5 Å². The summed E-state index contributed by atoms with van der Waals surface area (Å²) in [6, 6.07) is 2.66. The van der Waals surface area contributed by atoms with Crippen molar-refractivity contribution < 1.29 is 18.0 Å². The summed E-state index contributed by atoms with van der Waals surface area (Å²) in [5.41, 5.74) is 5.48. The molecule has 1 atom stereocenters. The molecule has 0 radical (unpaired) electrons. The van der Waals surface area contributed by atoms with E-state index >= 15 is 0 Å². The summed E-state index contributed by atoms with van der Waals surface area (Å²) in [6.45, 7) is 3.03. The monoisotopic (exact) mass is 387 g/mol. The Bertz CT molecular complexity index is 547. The van der Waals surface area contributed by atoms with E-state index in [2.05, 4.69) is 5.32 Å². The maximum Gasteiger partial charge on any atom is 0.416 e. The van der Waals surface area contributed by atoms with Crippen LogP contribution in [0.2, 0.25) is 0 Å². The van der Waals surface area contributed by atoms with Gasteiger partial charge in [-0.2, -0.15) is 13.2 Å². The molecule has 0 spiro atoms. The molecule has 0 aliphatic carbocycles. The van der Waals surface area contributed by atoms with E-state index in [0.717, 1.165) is 44.5 Å². The number of nitrogens with one attached hydrogen (secondary N) is 1. The van der Waals surface area contributed by atoms with Crippen LogP contribution in [0.1, 0.15) is 31.7 Å². The number of rotatable bonds is 3. The first-order valence-electron chi connectivity index (χ1n) is 7.31. The molecule has 1 amide bonds. The molecule has 1 aromatic carbocycles. The highest BCUT2D eigenvalue weighted by atomic mass is 35.5. The van der Waals surface area contributed by atoms with E-state index in [0.29, 0.717) is 5.69 Å². The molecular weight excluding hydrogens is 366 g/mol. The van der Waals surface area contributed by atoms with Crippen LogP contribution in [0.3, 0.4) is 0 Å². The van der Waals surface area contributed by atoms with Gasteiger partial charge in [-0.05, 0) is 44.4 Å². The summed E-state index contributed by atoms with van der Waals surface area (Å²) in [4.78, 5) is 13.8. The van der Waals surface area contributed by atoms with Crippen LogP contribution in [-0.2, 0) is 11.0 Å². The van der Waals surface area contributed by atoms with Gasteiger partial charge >= 0.3 is 6.18 Å². The number of amides is 1. The van der Waals surface area contributed by atoms with Crippen molar-refractivity contribution in [2.24, 2.45) is 5.73 Å². The smallest absolute Gasteiger partial charge is 0.370 e. The number of nitrogens with zero attached hydrogens (tertiary/aromatic N) is 1. The fourth-order valence-corrected chi connectivity index (χ4v) is 2.47. The zero-order chi connectivity index (χ0) is 16.3. The average Bonchev–Trinajstić information content (AvgIpc) is 2.47. The molecule has 2 rings (SSSR count). The minimum atomic E-state index is -4.45. The van der Waals surface area contributed by atoms with Gasteiger partial charge in [0.15, 0.2) is 0 Å². The lowest BCUT2D eigenvalue weighted by molar-refractivity contribution is -0.137. The molecule has 1 saturated heterocycles. The van der Waals surface area contributed by atoms with Gasteiger partial charge in [0.2, 0.25) is 5.91 Å². The van der Waals surface area contributed by atoms with Gasteiger partial charge < -0.3 is 16.0 Å². The number of alkyl halides is 3. The molecule has 24 heavy (non-hydrogen) atoms. The molecule has 1 aliphatic heterocycles. The first-order chi connectivity index (χ1) is 10.3. The molecule has 0 saturated carbocycles. The van der Waals surface area contributed by atoms with Gasteiger partial charge in [-0.1, -0.05) is 0 Å².